The molecule has 0 fully saturated rings. The van der Waals surface area contributed by atoms with Crippen molar-refractivity contribution in [3.05, 3.63) is 81.6 Å². The second-order valence-corrected chi connectivity index (χ2v) is 9.02. The number of carbonyl (C=O) groups is 1. The molecule has 0 spiro atoms. The smallest absolute Gasteiger partial charge is 0.422 e. The molecule has 2 aromatic heterocycles. The lowest BCUT2D eigenvalue weighted by molar-refractivity contribution is -0.156. The highest BCUT2D eigenvalue weighted by Crippen LogP contribution is 2.29. The number of carbonyl (C=O) groups excluding carboxylic acids is 1. The van der Waals surface area contributed by atoms with Crippen molar-refractivity contribution in [3.8, 4) is 6.19 Å². The Hall–Kier alpha value is -4.34. The minimum atomic E-state index is -4.63. The molecule has 3 N–H and O–H groups in total. The van der Waals surface area contributed by atoms with Crippen LogP contribution in [0.25, 0.3) is 10.9 Å². The third-order valence-corrected chi connectivity index (χ3v) is 6.31. The normalized spacial score (nSPS) is 11.6. The van der Waals surface area contributed by atoms with Gasteiger partial charge in [0, 0.05) is 23.8 Å². The number of para-hydroxylation sites is 1. The molecule has 2 aromatic carbocycles. The van der Waals surface area contributed by atoms with E-state index < -0.39 is 24.7 Å². The average Bonchev–Trinajstić information content (AvgIpc) is 3.36. The van der Waals surface area contributed by atoms with Crippen LogP contribution in [0.2, 0.25) is 5.02 Å². The molecule has 0 saturated heterocycles. The van der Waals surface area contributed by atoms with Crippen LogP contribution in [0.15, 0.2) is 71.2 Å². The van der Waals surface area contributed by atoms with E-state index in [4.69, 9.17) is 16.9 Å². The highest BCUT2D eigenvalue weighted by molar-refractivity contribution is 7.12. The SMILES string of the molecule is N#C/N=C(/Nc1cc(NC(=O)c2sccc2NCc2ccnc3ccccc23)ccc1Cl)OCC(F)(F)F. The second-order valence-electron chi connectivity index (χ2n) is 7.70. The van der Waals surface area contributed by atoms with Gasteiger partial charge in [-0.15, -0.1) is 16.3 Å². The Kier molecular flexibility index (Phi) is 8.30. The van der Waals surface area contributed by atoms with Crippen LogP contribution in [0.3, 0.4) is 0 Å². The maximum atomic E-state index is 13.0. The number of pyridine rings is 1. The highest BCUT2D eigenvalue weighted by atomic mass is 35.5. The number of aromatic nitrogens is 1. The van der Waals surface area contributed by atoms with Gasteiger partial charge in [-0.05, 0) is 47.3 Å². The molecule has 0 aliphatic carbocycles. The number of rotatable bonds is 7. The van der Waals surface area contributed by atoms with Gasteiger partial charge < -0.3 is 20.7 Å². The molecule has 0 radical (unpaired) electrons. The molecule has 2 heterocycles. The van der Waals surface area contributed by atoms with Crippen LogP contribution in [0.4, 0.5) is 30.2 Å². The number of anilines is 3. The zero-order chi connectivity index (χ0) is 27.1. The molecule has 0 aliphatic heterocycles. The van der Waals surface area contributed by atoms with Gasteiger partial charge in [-0.1, -0.05) is 29.8 Å². The number of thiophene rings is 1. The lowest BCUT2D eigenvalue weighted by atomic mass is 10.1. The Morgan fingerprint density at radius 1 is 1.13 bits per heavy atom. The number of benzene rings is 2. The quantitative estimate of drug-likeness (QED) is 0.133. The number of hydrogen-bond donors (Lipinski definition) is 3. The molecule has 0 atom stereocenters. The highest BCUT2D eigenvalue weighted by Gasteiger charge is 2.29. The molecule has 38 heavy (non-hydrogen) atoms. The second kappa shape index (κ2) is 11.8. The van der Waals surface area contributed by atoms with Gasteiger partial charge in [0.2, 0.25) is 6.19 Å². The van der Waals surface area contributed by atoms with E-state index in [0.717, 1.165) is 16.5 Å². The van der Waals surface area contributed by atoms with Crippen LogP contribution in [-0.2, 0) is 11.3 Å². The van der Waals surface area contributed by atoms with E-state index in [-0.39, 0.29) is 10.7 Å². The van der Waals surface area contributed by atoms with Crippen molar-refractivity contribution < 1.29 is 22.7 Å². The summed E-state index contributed by atoms with van der Waals surface area (Å²) in [6.07, 6.45) is -1.54. The molecule has 1 amide bonds. The van der Waals surface area contributed by atoms with Crippen LogP contribution in [0.5, 0.6) is 0 Å². The number of nitrogens with zero attached hydrogens (tertiary/aromatic N) is 3. The molecule has 4 aromatic rings. The number of hydrogen-bond acceptors (Lipinski definition) is 7. The number of alkyl halides is 3. The zero-order valence-corrected chi connectivity index (χ0v) is 20.9. The first kappa shape index (κ1) is 26.7. The fraction of sp³-hybridized carbons (Fsp3) is 0.120. The Balaban J connectivity index is 1.45. The van der Waals surface area contributed by atoms with E-state index in [1.54, 1.807) is 17.6 Å². The summed E-state index contributed by atoms with van der Waals surface area (Å²) in [6.45, 7) is -1.19. The van der Waals surface area contributed by atoms with Gasteiger partial charge in [0.25, 0.3) is 5.91 Å². The summed E-state index contributed by atoms with van der Waals surface area (Å²) in [5.74, 6) is -0.408. The number of halogens is 4. The predicted molar refractivity (Wildman–Crippen MR) is 141 cm³/mol. The van der Waals surface area contributed by atoms with Crippen molar-refractivity contribution in [2.24, 2.45) is 4.99 Å². The van der Waals surface area contributed by atoms with Gasteiger partial charge in [0.05, 0.1) is 21.9 Å². The molecule has 0 saturated carbocycles. The van der Waals surface area contributed by atoms with Gasteiger partial charge in [0.15, 0.2) is 6.61 Å². The summed E-state index contributed by atoms with van der Waals surface area (Å²) < 4.78 is 42.0. The van der Waals surface area contributed by atoms with E-state index in [1.807, 2.05) is 30.3 Å². The number of fused-ring (bicyclic) bond motifs is 1. The van der Waals surface area contributed by atoms with Crippen LogP contribution < -0.4 is 16.0 Å². The zero-order valence-electron chi connectivity index (χ0n) is 19.3. The van der Waals surface area contributed by atoms with Crippen LogP contribution in [-0.4, -0.2) is 29.7 Å². The van der Waals surface area contributed by atoms with Crippen molar-refractivity contribution in [1.82, 2.24) is 4.98 Å². The molecule has 194 valence electrons. The fourth-order valence-corrected chi connectivity index (χ4v) is 4.35. The topological polar surface area (TPSA) is 111 Å². The Morgan fingerprint density at radius 3 is 2.74 bits per heavy atom. The number of amidine groups is 1. The summed E-state index contributed by atoms with van der Waals surface area (Å²) >= 11 is 7.37. The number of amides is 1. The van der Waals surface area contributed by atoms with Crippen molar-refractivity contribution in [1.29, 1.82) is 5.26 Å². The first-order valence-electron chi connectivity index (χ1n) is 10.9. The minimum Gasteiger partial charge on any atom is -0.455 e. The third-order valence-electron chi connectivity index (χ3n) is 5.07. The molecule has 0 unspecified atom stereocenters. The first-order valence-corrected chi connectivity index (χ1v) is 12.2. The standard InChI is InChI=1S/C25H18ClF3N6O2S/c26-18-6-5-16(11-21(18)35-24(33-14-30)37-13-25(27,28)29)34-23(36)22-20(8-10-38-22)32-12-15-7-9-31-19-4-2-1-3-17(15)19/h1-11,32H,12-13H2,(H,33,35)(H,34,36). The summed E-state index contributed by atoms with van der Waals surface area (Å²) in [5, 5.41) is 20.1. The summed E-state index contributed by atoms with van der Waals surface area (Å²) in [4.78, 5) is 21.0. The average molecular weight is 559 g/mol. The van der Waals surface area contributed by atoms with Gasteiger partial charge in [-0.3, -0.25) is 9.78 Å². The Labute approximate surface area is 223 Å². The van der Waals surface area contributed by atoms with Crippen LogP contribution in [0, 0.1) is 11.5 Å². The summed E-state index contributed by atoms with van der Waals surface area (Å²) in [5.41, 5.74) is 2.89. The van der Waals surface area contributed by atoms with E-state index in [9.17, 15) is 18.0 Å². The third kappa shape index (κ3) is 6.90. The Bertz CT molecular complexity index is 1530. The Morgan fingerprint density at radius 2 is 1.95 bits per heavy atom. The number of nitrogens with one attached hydrogen (secondary N) is 3. The molecule has 0 aliphatic rings. The summed E-state index contributed by atoms with van der Waals surface area (Å²) in [6, 6.07) is 15.1. The van der Waals surface area contributed by atoms with Gasteiger partial charge in [-0.25, -0.2) is 0 Å². The maximum absolute atomic E-state index is 13.0. The van der Waals surface area contributed by atoms with Crippen molar-refractivity contribution in [2.75, 3.05) is 22.6 Å². The number of ether oxygens (including phenoxy) is 1. The number of nitriles is 1. The lowest BCUT2D eigenvalue weighted by Gasteiger charge is -2.14. The lowest BCUT2D eigenvalue weighted by Crippen LogP contribution is -2.24. The first-order chi connectivity index (χ1) is 18.2. The van der Waals surface area contributed by atoms with Crippen molar-refractivity contribution in [3.63, 3.8) is 0 Å². The fourth-order valence-electron chi connectivity index (χ4n) is 3.42. The molecule has 8 nitrogen and oxygen atoms in total. The minimum absolute atomic E-state index is 0.0785. The predicted octanol–water partition coefficient (Wildman–Crippen LogP) is 6.64. The molecular formula is C25H18ClF3N6O2S. The molecule has 13 heteroatoms. The van der Waals surface area contributed by atoms with Gasteiger partial charge in [0.1, 0.15) is 4.88 Å². The van der Waals surface area contributed by atoms with Crippen molar-refractivity contribution in [2.45, 2.75) is 12.7 Å². The molecule has 0 bridgehead atoms. The van der Waals surface area contributed by atoms with Gasteiger partial charge in [-0.2, -0.15) is 18.4 Å². The van der Waals surface area contributed by atoms with E-state index in [0.29, 0.717) is 22.8 Å². The van der Waals surface area contributed by atoms with Crippen molar-refractivity contribution >= 4 is 62.8 Å². The number of aliphatic imine (C=N–C) groups is 1. The van der Waals surface area contributed by atoms with E-state index in [2.05, 4.69) is 30.7 Å². The van der Waals surface area contributed by atoms with Gasteiger partial charge >= 0.3 is 12.2 Å². The van der Waals surface area contributed by atoms with E-state index >= 15 is 0 Å². The van der Waals surface area contributed by atoms with E-state index in [1.165, 1.54) is 35.7 Å². The largest absolute Gasteiger partial charge is 0.455 e. The maximum Gasteiger partial charge on any atom is 0.422 e. The monoisotopic (exact) mass is 558 g/mol. The molecule has 4 rings (SSSR count). The molecular weight excluding hydrogens is 541 g/mol. The van der Waals surface area contributed by atoms with Crippen LogP contribution >= 0.6 is 22.9 Å². The van der Waals surface area contributed by atoms with Crippen LogP contribution in [0.1, 0.15) is 15.2 Å². The summed E-state index contributed by atoms with van der Waals surface area (Å²) in [7, 11) is 0.